The number of furan rings is 1. The van der Waals surface area contributed by atoms with Gasteiger partial charge in [-0.2, -0.15) is 0 Å². The molecule has 0 amide bonds. The van der Waals surface area contributed by atoms with Crippen LogP contribution in [0.2, 0.25) is 0 Å². The third-order valence-electron chi connectivity index (χ3n) is 3.00. The third-order valence-corrected chi connectivity index (χ3v) is 3.00. The zero-order chi connectivity index (χ0) is 12.3. The maximum absolute atomic E-state index is 6.08. The van der Waals surface area contributed by atoms with Crippen molar-refractivity contribution in [3.63, 3.8) is 0 Å². The summed E-state index contributed by atoms with van der Waals surface area (Å²) in [6.07, 6.45) is 4.68. The van der Waals surface area contributed by atoms with Crippen LogP contribution in [0.4, 0.5) is 0 Å². The molecule has 1 aromatic carbocycles. The highest BCUT2D eigenvalue weighted by atomic mass is 16.5. The predicted octanol–water partition coefficient (Wildman–Crippen LogP) is 3.11. The van der Waals surface area contributed by atoms with Gasteiger partial charge in [0.25, 0.3) is 0 Å². The number of hydrogen-bond donors (Lipinski definition) is 1. The summed E-state index contributed by atoms with van der Waals surface area (Å²) in [5.41, 5.74) is 8.09. The Bertz CT molecular complexity index is 490. The van der Waals surface area contributed by atoms with Crippen LogP contribution in [0.3, 0.4) is 0 Å². The molecule has 2 rings (SSSR count). The van der Waals surface area contributed by atoms with E-state index in [0.717, 1.165) is 41.5 Å². The molecule has 0 saturated heterocycles. The minimum Gasteiger partial charge on any atom is -0.496 e. The molecule has 0 spiro atoms. The first-order valence-corrected chi connectivity index (χ1v) is 6.04. The maximum atomic E-state index is 6.08. The van der Waals surface area contributed by atoms with Crippen molar-refractivity contribution in [2.75, 3.05) is 7.11 Å². The smallest absolute Gasteiger partial charge is 0.137 e. The lowest BCUT2D eigenvalue weighted by atomic mass is 10.0. The zero-order valence-electron chi connectivity index (χ0n) is 10.4. The molecule has 0 fully saturated rings. The second-order valence-corrected chi connectivity index (χ2v) is 4.38. The van der Waals surface area contributed by atoms with Gasteiger partial charge in [-0.25, -0.2) is 0 Å². The number of rotatable bonds is 5. The normalized spacial score (nSPS) is 12.9. The zero-order valence-corrected chi connectivity index (χ0v) is 10.4. The molecule has 0 radical (unpaired) electrons. The van der Waals surface area contributed by atoms with E-state index in [2.05, 4.69) is 13.0 Å². The number of hydrogen-bond acceptors (Lipinski definition) is 3. The van der Waals surface area contributed by atoms with E-state index < -0.39 is 0 Å². The summed E-state index contributed by atoms with van der Waals surface area (Å²) in [5, 5.41) is 1.10. The molecule has 3 nitrogen and oxygen atoms in total. The van der Waals surface area contributed by atoms with Crippen LogP contribution in [0, 0.1) is 0 Å². The summed E-state index contributed by atoms with van der Waals surface area (Å²) >= 11 is 0. The number of nitrogens with two attached hydrogens (primary N) is 1. The van der Waals surface area contributed by atoms with Gasteiger partial charge in [0.15, 0.2) is 0 Å². The summed E-state index contributed by atoms with van der Waals surface area (Å²) in [6.45, 7) is 2.15. The topological polar surface area (TPSA) is 48.4 Å². The molecule has 1 unspecified atom stereocenters. The molecule has 1 heterocycles. The Hall–Kier alpha value is -1.48. The minimum atomic E-state index is 0.193. The first kappa shape index (κ1) is 12.0. The van der Waals surface area contributed by atoms with Gasteiger partial charge in [-0.15, -0.1) is 0 Å². The van der Waals surface area contributed by atoms with Gasteiger partial charge in [-0.1, -0.05) is 13.3 Å². The maximum Gasteiger partial charge on any atom is 0.137 e. The SMILES string of the molecule is CCCC(N)Cc1cc2ccoc2cc1OC. The van der Waals surface area contributed by atoms with Gasteiger partial charge in [0, 0.05) is 17.5 Å². The fourth-order valence-corrected chi connectivity index (χ4v) is 2.14. The van der Waals surface area contributed by atoms with Crippen LogP contribution >= 0.6 is 0 Å². The molecule has 0 aliphatic rings. The fraction of sp³-hybridized carbons (Fsp3) is 0.429. The van der Waals surface area contributed by atoms with Crippen molar-refractivity contribution in [1.29, 1.82) is 0 Å². The molecule has 1 atom stereocenters. The van der Waals surface area contributed by atoms with Gasteiger partial charge in [0.1, 0.15) is 11.3 Å². The Labute approximate surface area is 102 Å². The Morgan fingerprint density at radius 3 is 2.94 bits per heavy atom. The van der Waals surface area contributed by atoms with Gasteiger partial charge < -0.3 is 14.9 Å². The highest BCUT2D eigenvalue weighted by molar-refractivity contribution is 5.80. The van der Waals surface area contributed by atoms with Crippen molar-refractivity contribution < 1.29 is 9.15 Å². The largest absolute Gasteiger partial charge is 0.496 e. The molecular weight excluding hydrogens is 214 g/mol. The van der Waals surface area contributed by atoms with Gasteiger partial charge in [-0.3, -0.25) is 0 Å². The van der Waals surface area contributed by atoms with Crippen molar-refractivity contribution >= 4 is 11.0 Å². The average molecular weight is 233 g/mol. The number of ether oxygens (including phenoxy) is 1. The highest BCUT2D eigenvalue weighted by Crippen LogP contribution is 2.27. The van der Waals surface area contributed by atoms with E-state index in [0.29, 0.717) is 0 Å². The van der Waals surface area contributed by atoms with E-state index in [-0.39, 0.29) is 6.04 Å². The molecule has 17 heavy (non-hydrogen) atoms. The van der Waals surface area contributed by atoms with Crippen LogP contribution in [0.15, 0.2) is 28.9 Å². The van der Waals surface area contributed by atoms with Crippen molar-refractivity contribution in [2.45, 2.75) is 32.2 Å². The molecule has 1 aromatic heterocycles. The van der Waals surface area contributed by atoms with Gasteiger partial charge in [-0.05, 0) is 30.5 Å². The second kappa shape index (κ2) is 5.23. The number of fused-ring (bicyclic) bond motifs is 1. The lowest BCUT2D eigenvalue weighted by Gasteiger charge is -2.13. The van der Waals surface area contributed by atoms with Crippen LogP contribution in [0.5, 0.6) is 5.75 Å². The van der Waals surface area contributed by atoms with E-state index >= 15 is 0 Å². The molecule has 0 saturated carbocycles. The average Bonchev–Trinajstić information content (AvgIpc) is 2.75. The Kier molecular flexibility index (Phi) is 3.69. The van der Waals surface area contributed by atoms with E-state index in [1.54, 1.807) is 13.4 Å². The third kappa shape index (κ3) is 2.61. The van der Waals surface area contributed by atoms with E-state index in [9.17, 15) is 0 Å². The number of methoxy groups -OCH3 is 1. The number of benzene rings is 1. The quantitative estimate of drug-likeness (QED) is 0.863. The Morgan fingerprint density at radius 1 is 1.41 bits per heavy atom. The van der Waals surface area contributed by atoms with Gasteiger partial charge >= 0.3 is 0 Å². The highest BCUT2D eigenvalue weighted by Gasteiger charge is 2.11. The lowest BCUT2D eigenvalue weighted by Crippen LogP contribution is -2.22. The van der Waals surface area contributed by atoms with Crippen LogP contribution in [-0.2, 0) is 6.42 Å². The van der Waals surface area contributed by atoms with Crippen LogP contribution < -0.4 is 10.5 Å². The van der Waals surface area contributed by atoms with E-state index in [1.165, 1.54) is 0 Å². The van der Waals surface area contributed by atoms with Crippen molar-refractivity contribution in [3.05, 3.63) is 30.0 Å². The fourth-order valence-electron chi connectivity index (χ4n) is 2.14. The van der Waals surface area contributed by atoms with Crippen molar-refractivity contribution in [3.8, 4) is 5.75 Å². The molecule has 3 heteroatoms. The lowest BCUT2D eigenvalue weighted by molar-refractivity contribution is 0.407. The molecule has 2 aromatic rings. The Balaban J connectivity index is 2.30. The first-order chi connectivity index (χ1) is 8.24. The summed E-state index contributed by atoms with van der Waals surface area (Å²) < 4.78 is 10.7. The summed E-state index contributed by atoms with van der Waals surface area (Å²) in [4.78, 5) is 0. The Morgan fingerprint density at radius 2 is 2.24 bits per heavy atom. The summed E-state index contributed by atoms with van der Waals surface area (Å²) in [6, 6.07) is 6.19. The van der Waals surface area contributed by atoms with Crippen LogP contribution in [0.25, 0.3) is 11.0 Å². The van der Waals surface area contributed by atoms with Gasteiger partial charge in [0.2, 0.25) is 0 Å². The summed E-state index contributed by atoms with van der Waals surface area (Å²) in [5.74, 6) is 0.860. The standard InChI is InChI=1S/C14H19NO2/c1-3-4-12(15)8-11-7-10-5-6-17-14(10)9-13(11)16-2/h5-7,9,12H,3-4,8,15H2,1-2H3. The van der Waals surface area contributed by atoms with Crippen molar-refractivity contribution in [1.82, 2.24) is 0 Å². The molecule has 92 valence electrons. The molecule has 0 aliphatic heterocycles. The molecular formula is C14H19NO2. The van der Waals surface area contributed by atoms with Crippen LogP contribution in [0.1, 0.15) is 25.3 Å². The summed E-state index contributed by atoms with van der Waals surface area (Å²) in [7, 11) is 1.68. The first-order valence-electron chi connectivity index (χ1n) is 6.04. The van der Waals surface area contributed by atoms with E-state index in [1.807, 2.05) is 12.1 Å². The van der Waals surface area contributed by atoms with Crippen molar-refractivity contribution in [2.24, 2.45) is 5.73 Å². The second-order valence-electron chi connectivity index (χ2n) is 4.38. The van der Waals surface area contributed by atoms with Gasteiger partial charge in [0.05, 0.1) is 13.4 Å². The monoisotopic (exact) mass is 233 g/mol. The molecule has 0 aliphatic carbocycles. The molecule has 0 bridgehead atoms. The predicted molar refractivity (Wildman–Crippen MR) is 69.4 cm³/mol. The van der Waals surface area contributed by atoms with Crippen LogP contribution in [-0.4, -0.2) is 13.2 Å². The van der Waals surface area contributed by atoms with E-state index in [4.69, 9.17) is 14.9 Å². The minimum absolute atomic E-state index is 0.193. The molecule has 2 N–H and O–H groups in total.